The molecule has 140 valence electrons. The summed E-state index contributed by atoms with van der Waals surface area (Å²) in [5.41, 5.74) is 0.861. The van der Waals surface area contributed by atoms with Gasteiger partial charge in [-0.05, 0) is 36.2 Å². The fourth-order valence-electron chi connectivity index (χ4n) is 2.49. The number of hydrogen-bond donors (Lipinski definition) is 0. The fourth-order valence-corrected chi connectivity index (χ4v) is 4.12. The van der Waals surface area contributed by atoms with Gasteiger partial charge < -0.3 is 4.74 Å². The number of nitrogens with zero attached hydrogens (tertiary/aromatic N) is 1. The molecule has 0 radical (unpaired) electrons. The summed E-state index contributed by atoms with van der Waals surface area (Å²) in [5, 5.41) is 0.381. The Kier molecular flexibility index (Phi) is 7.20. The Morgan fingerprint density at radius 3 is 2.23 bits per heavy atom. The Hall–Kier alpha value is -1.89. The van der Waals surface area contributed by atoms with Crippen LogP contribution in [0.2, 0.25) is 5.02 Å². The number of halogens is 1. The summed E-state index contributed by atoms with van der Waals surface area (Å²) in [5.74, 6) is -0.0576. The van der Waals surface area contributed by atoms with Gasteiger partial charge in [-0.1, -0.05) is 49.7 Å². The third kappa shape index (κ3) is 5.06. The topological polar surface area (TPSA) is 63.7 Å². The van der Waals surface area contributed by atoms with E-state index >= 15 is 0 Å². The van der Waals surface area contributed by atoms with Crippen molar-refractivity contribution in [2.75, 3.05) is 13.1 Å². The molecule has 0 heterocycles. The smallest absolute Gasteiger partial charge is 0.311 e. The van der Waals surface area contributed by atoms with Crippen LogP contribution in [0.1, 0.15) is 25.8 Å². The van der Waals surface area contributed by atoms with Gasteiger partial charge in [-0.2, -0.15) is 4.31 Å². The van der Waals surface area contributed by atoms with Gasteiger partial charge in [0.25, 0.3) is 0 Å². The van der Waals surface area contributed by atoms with Crippen LogP contribution < -0.4 is 4.74 Å². The van der Waals surface area contributed by atoms with Gasteiger partial charge in [0.1, 0.15) is 5.75 Å². The Morgan fingerprint density at radius 2 is 1.65 bits per heavy atom. The van der Waals surface area contributed by atoms with Crippen molar-refractivity contribution < 1.29 is 17.9 Å². The van der Waals surface area contributed by atoms with Crippen LogP contribution >= 0.6 is 11.6 Å². The molecule has 0 amide bonds. The first-order valence-corrected chi connectivity index (χ1v) is 10.2. The van der Waals surface area contributed by atoms with Crippen molar-refractivity contribution in [2.45, 2.75) is 31.6 Å². The van der Waals surface area contributed by atoms with E-state index in [4.69, 9.17) is 16.3 Å². The van der Waals surface area contributed by atoms with Gasteiger partial charge in [0.15, 0.2) is 0 Å². The number of para-hydroxylation sites is 1. The number of esters is 1. The van der Waals surface area contributed by atoms with E-state index in [9.17, 15) is 13.2 Å². The second-order valence-electron chi connectivity index (χ2n) is 5.64. The van der Waals surface area contributed by atoms with Crippen LogP contribution in [-0.2, 0) is 21.2 Å². The maximum atomic E-state index is 12.4. The van der Waals surface area contributed by atoms with Crippen LogP contribution in [0.25, 0.3) is 0 Å². The van der Waals surface area contributed by atoms with Gasteiger partial charge in [-0.15, -0.1) is 0 Å². The van der Waals surface area contributed by atoms with Gasteiger partial charge in [0, 0.05) is 19.5 Å². The number of sulfonamides is 1. The Morgan fingerprint density at radius 1 is 1.04 bits per heavy atom. The molecule has 0 atom stereocenters. The van der Waals surface area contributed by atoms with Gasteiger partial charge in [0.2, 0.25) is 10.0 Å². The summed E-state index contributed by atoms with van der Waals surface area (Å²) in [6, 6.07) is 13.4. The third-order valence-corrected chi connectivity index (χ3v) is 6.32. The largest absolute Gasteiger partial charge is 0.425 e. The minimum absolute atomic E-state index is 0.174. The molecule has 2 aromatic rings. The number of carbonyl (C=O) groups excluding carboxylic acids is 1. The summed E-state index contributed by atoms with van der Waals surface area (Å²) in [7, 11) is -3.47. The second kappa shape index (κ2) is 9.16. The van der Waals surface area contributed by atoms with E-state index in [0.29, 0.717) is 30.3 Å². The number of rotatable bonds is 8. The van der Waals surface area contributed by atoms with Crippen LogP contribution in [0.15, 0.2) is 53.4 Å². The summed E-state index contributed by atoms with van der Waals surface area (Å²) in [4.78, 5) is 12.2. The maximum Gasteiger partial charge on any atom is 0.311 e. The first kappa shape index (κ1) is 20.4. The Labute approximate surface area is 159 Å². The molecule has 0 N–H and O–H groups in total. The molecule has 0 aliphatic carbocycles. The van der Waals surface area contributed by atoms with Gasteiger partial charge in [-0.3, -0.25) is 4.79 Å². The second-order valence-corrected chi connectivity index (χ2v) is 7.98. The summed E-state index contributed by atoms with van der Waals surface area (Å²) in [6.07, 6.45) is 0.627. The number of benzene rings is 2. The van der Waals surface area contributed by atoms with Crippen molar-refractivity contribution in [3.8, 4) is 5.75 Å². The van der Waals surface area contributed by atoms with Gasteiger partial charge >= 0.3 is 5.97 Å². The molecule has 0 saturated carbocycles. The Bertz CT molecular complexity index is 846. The quantitative estimate of drug-likeness (QED) is 0.502. The predicted octanol–water partition coefficient (Wildman–Crippen LogP) is 3.91. The zero-order chi connectivity index (χ0) is 19.2. The van der Waals surface area contributed by atoms with E-state index in [1.54, 1.807) is 62.4 Å². The molecule has 7 heteroatoms. The van der Waals surface area contributed by atoms with E-state index < -0.39 is 16.0 Å². The highest BCUT2D eigenvalue weighted by Crippen LogP contribution is 2.23. The molecule has 26 heavy (non-hydrogen) atoms. The molecule has 2 rings (SSSR count). The van der Waals surface area contributed by atoms with E-state index in [-0.39, 0.29) is 11.3 Å². The number of hydrogen-bond acceptors (Lipinski definition) is 4. The summed E-state index contributed by atoms with van der Waals surface area (Å²) < 4.78 is 31.5. The van der Waals surface area contributed by atoms with Crippen molar-refractivity contribution in [2.24, 2.45) is 0 Å². The lowest BCUT2D eigenvalue weighted by Crippen LogP contribution is -2.30. The Balaban J connectivity index is 1.97. The molecule has 0 fully saturated rings. The molecular formula is C19H22ClNO4S. The van der Waals surface area contributed by atoms with Crippen molar-refractivity contribution in [1.29, 1.82) is 0 Å². The lowest BCUT2D eigenvalue weighted by molar-refractivity contribution is -0.134. The minimum atomic E-state index is -3.47. The molecular weight excluding hydrogens is 374 g/mol. The van der Waals surface area contributed by atoms with Crippen LogP contribution in [-0.4, -0.2) is 31.8 Å². The van der Waals surface area contributed by atoms with Crippen molar-refractivity contribution in [3.05, 3.63) is 59.1 Å². The van der Waals surface area contributed by atoms with Gasteiger partial charge in [0.05, 0.1) is 9.92 Å². The first-order chi connectivity index (χ1) is 12.4. The number of carbonyl (C=O) groups is 1. The summed E-state index contributed by atoms with van der Waals surface area (Å²) in [6.45, 7) is 4.46. The normalized spacial score (nSPS) is 11.5. The highest BCUT2D eigenvalue weighted by atomic mass is 35.5. The van der Waals surface area contributed by atoms with Crippen LogP contribution in [0.3, 0.4) is 0 Å². The average Bonchev–Trinajstić information content (AvgIpc) is 2.63. The molecule has 0 aliphatic heterocycles. The minimum Gasteiger partial charge on any atom is -0.425 e. The number of ether oxygens (including phenoxy) is 1. The third-order valence-electron chi connectivity index (χ3n) is 3.94. The van der Waals surface area contributed by atoms with E-state index in [1.807, 2.05) is 0 Å². The average molecular weight is 396 g/mol. The highest BCUT2D eigenvalue weighted by molar-refractivity contribution is 7.89. The van der Waals surface area contributed by atoms with Crippen molar-refractivity contribution in [1.82, 2.24) is 4.31 Å². The van der Waals surface area contributed by atoms with E-state index in [0.717, 1.165) is 5.56 Å². The molecule has 2 aromatic carbocycles. The molecule has 0 saturated heterocycles. The van der Waals surface area contributed by atoms with Crippen LogP contribution in [0.5, 0.6) is 5.75 Å². The highest BCUT2D eigenvalue weighted by Gasteiger charge is 2.21. The standard InChI is InChI=1S/C19H22ClNO4S/c1-3-21(4-2)26(23,24)16-12-9-15(10-13-16)11-14-19(22)25-18-8-6-5-7-17(18)20/h5-10,12-13H,3-4,11,14H2,1-2H3. The molecule has 0 aromatic heterocycles. The van der Waals surface area contributed by atoms with Gasteiger partial charge in [-0.25, -0.2) is 8.42 Å². The summed E-state index contributed by atoms with van der Waals surface area (Å²) >= 11 is 5.96. The maximum absolute atomic E-state index is 12.4. The first-order valence-electron chi connectivity index (χ1n) is 8.42. The van der Waals surface area contributed by atoms with Crippen molar-refractivity contribution >= 4 is 27.6 Å². The molecule has 5 nitrogen and oxygen atoms in total. The van der Waals surface area contributed by atoms with Crippen LogP contribution in [0, 0.1) is 0 Å². The number of aryl methyl sites for hydroxylation is 1. The fraction of sp³-hybridized carbons (Fsp3) is 0.316. The molecule has 0 bridgehead atoms. The predicted molar refractivity (Wildman–Crippen MR) is 102 cm³/mol. The molecule has 0 aliphatic rings. The molecule has 0 unspecified atom stereocenters. The lowest BCUT2D eigenvalue weighted by Gasteiger charge is -2.18. The zero-order valence-corrected chi connectivity index (χ0v) is 16.4. The lowest BCUT2D eigenvalue weighted by atomic mass is 10.1. The van der Waals surface area contributed by atoms with Crippen LogP contribution in [0.4, 0.5) is 0 Å². The molecule has 0 spiro atoms. The SMILES string of the molecule is CCN(CC)S(=O)(=O)c1ccc(CCC(=O)Oc2ccccc2Cl)cc1. The monoisotopic (exact) mass is 395 g/mol. The zero-order valence-electron chi connectivity index (χ0n) is 14.8. The van der Waals surface area contributed by atoms with E-state index in [1.165, 1.54) is 4.31 Å². The van der Waals surface area contributed by atoms with E-state index in [2.05, 4.69) is 0 Å². The van der Waals surface area contributed by atoms with Crippen molar-refractivity contribution in [3.63, 3.8) is 0 Å².